The zero-order valence-electron chi connectivity index (χ0n) is 7.04. The molecule has 0 fully saturated rings. The summed E-state index contributed by atoms with van der Waals surface area (Å²) in [4.78, 5) is 19.7. The average molecular weight is 197 g/mol. The second-order valence-corrected chi connectivity index (χ2v) is 2.52. The summed E-state index contributed by atoms with van der Waals surface area (Å²) >= 11 is 0. The van der Waals surface area contributed by atoms with Gasteiger partial charge in [-0.05, 0) is 5.56 Å². The first-order valence-electron chi connectivity index (χ1n) is 3.71. The summed E-state index contributed by atoms with van der Waals surface area (Å²) in [5.41, 5.74) is 2.55. The molecule has 0 aromatic heterocycles. The van der Waals surface area contributed by atoms with Gasteiger partial charge in [-0.1, -0.05) is 12.1 Å². The molecule has 0 aliphatic rings. The Labute approximate surface area is 78.6 Å². The minimum Gasteiger partial charge on any atom is -0.258 e. The minimum atomic E-state index is -0.665. The average Bonchev–Trinajstić information content (AvgIpc) is 2.15. The van der Waals surface area contributed by atoms with Gasteiger partial charge in [-0.3, -0.25) is 10.1 Å². The first kappa shape index (κ1) is 9.90. The standard InChI is InChI=1S/C7H7N3O4/c11-9(12)7-3-1-6(2-4-7)5-8-10(13)14/h1-4,8H,5H2. The van der Waals surface area contributed by atoms with E-state index in [1.807, 2.05) is 5.43 Å². The highest BCUT2D eigenvalue weighted by atomic mass is 16.7. The molecule has 0 saturated carbocycles. The van der Waals surface area contributed by atoms with Crippen molar-refractivity contribution in [1.29, 1.82) is 0 Å². The van der Waals surface area contributed by atoms with Crippen molar-refractivity contribution in [3.8, 4) is 0 Å². The Morgan fingerprint density at radius 2 is 1.71 bits per heavy atom. The number of nitrogens with zero attached hydrogens (tertiary/aromatic N) is 2. The SMILES string of the molecule is O=[N+]([O-])NCc1ccc([N+](=O)[O-])cc1. The van der Waals surface area contributed by atoms with Crippen LogP contribution < -0.4 is 5.43 Å². The molecule has 1 N–H and O–H groups in total. The number of nitro benzene ring substituents is 1. The summed E-state index contributed by atoms with van der Waals surface area (Å²) in [5.74, 6) is 0. The van der Waals surface area contributed by atoms with E-state index in [4.69, 9.17) is 0 Å². The molecular weight excluding hydrogens is 190 g/mol. The molecule has 7 heteroatoms. The summed E-state index contributed by atoms with van der Waals surface area (Å²) in [6.07, 6.45) is 0. The number of rotatable bonds is 4. The molecule has 0 saturated heterocycles. The van der Waals surface area contributed by atoms with E-state index < -0.39 is 9.96 Å². The molecule has 0 radical (unpaired) electrons. The highest BCUT2D eigenvalue weighted by Gasteiger charge is 2.04. The van der Waals surface area contributed by atoms with Crippen molar-refractivity contribution in [2.75, 3.05) is 0 Å². The van der Waals surface area contributed by atoms with Gasteiger partial charge in [-0.15, -0.1) is 5.43 Å². The van der Waals surface area contributed by atoms with Crippen LogP contribution >= 0.6 is 0 Å². The maximum absolute atomic E-state index is 10.3. The maximum atomic E-state index is 10.3. The molecule has 7 nitrogen and oxygen atoms in total. The van der Waals surface area contributed by atoms with Gasteiger partial charge in [0, 0.05) is 12.1 Å². The zero-order valence-corrected chi connectivity index (χ0v) is 7.04. The van der Waals surface area contributed by atoms with E-state index in [0.717, 1.165) is 0 Å². The van der Waals surface area contributed by atoms with Crippen LogP contribution in [0.4, 0.5) is 5.69 Å². The third-order valence-electron chi connectivity index (χ3n) is 1.56. The molecule has 14 heavy (non-hydrogen) atoms. The molecule has 0 bridgehead atoms. The fraction of sp³-hybridized carbons (Fsp3) is 0.143. The first-order valence-corrected chi connectivity index (χ1v) is 3.71. The van der Waals surface area contributed by atoms with E-state index in [0.29, 0.717) is 5.56 Å². The maximum Gasteiger partial charge on any atom is 0.269 e. The van der Waals surface area contributed by atoms with Crippen LogP contribution in [0.3, 0.4) is 0 Å². The lowest BCUT2D eigenvalue weighted by Crippen LogP contribution is -2.20. The van der Waals surface area contributed by atoms with Gasteiger partial charge < -0.3 is 0 Å². The smallest absolute Gasteiger partial charge is 0.258 e. The Hall–Kier alpha value is -2.18. The Morgan fingerprint density at radius 3 is 2.14 bits per heavy atom. The van der Waals surface area contributed by atoms with E-state index in [9.17, 15) is 20.2 Å². The lowest BCUT2D eigenvalue weighted by molar-refractivity contribution is -0.546. The summed E-state index contributed by atoms with van der Waals surface area (Å²) in [6.45, 7) is 0.0466. The summed E-state index contributed by atoms with van der Waals surface area (Å²) in [7, 11) is 0. The number of hydrogen-bond donors (Lipinski definition) is 1. The molecule has 0 spiro atoms. The van der Waals surface area contributed by atoms with Gasteiger partial charge in [0.2, 0.25) is 0 Å². The number of hydrogen-bond acceptors (Lipinski definition) is 4. The lowest BCUT2D eigenvalue weighted by Gasteiger charge is -1.97. The van der Waals surface area contributed by atoms with E-state index >= 15 is 0 Å². The van der Waals surface area contributed by atoms with Crippen molar-refractivity contribution < 1.29 is 9.96 Å². The van der Waals surface area contributed by atoms with Crippen LogP contribution in [-0.2, 0) is 6.54 Å². The molecular formula is C7H7N3O4. The van der Waals surface area contributed by atoms with Crippen molar-refractivity contribution in [2.24, 2.45) is 0 Å². The van der Waals surface area contributed by atoms with Gasteiger partial charge in [0.15, 0.2) is 5.03 Å². The van der Waals surface area contributed by atoms with Crippen LogP contribution in [0.25, 0.3) is 0 Å². The van der Waals surface area contributed by atoms with Crippen molar-refractivity contribution in [3.05, 3.63) is 50.1 Å². The van der Waals surface area contributed by atoms with E-state index in [1.165, 1.54) is 24.3 Å². The van der Waals surface area contributed by atoms with Crippen molar-refractivity contribution in [3.63, 3.8) is 0 Å². The summed E-state index contributed by atoms with van der Waals surface area (Å²) in [6, 6.07) is 5.54. The normalized spacial score (nSPS) is 9.43. The van der Waals surface area contributed by atoms with Crippen LogP contribution in [0.1, 0.15) is 5.56 Å². The van der Waals surface area contributed by atoms with Crippen molar-refractivity contribution >= 4 is 5.69 Å². The molecule has 1 rings (SSSR count). The highest BCUT2D eigenvalue weighted by Crippen LogP contribution is 2.11. The predicted molar refractivity (Wildman–Crippen MR) is 46.9 cm³/mol. The minimum absolute atomic E-state index is 0.0325. The van der Waals surface area contributed by atoms with Crippen molar-refractivity contribution in [2.45, 2.75) is 6.54 Å². The quantitative estimate of drug-likeness (QED) is 0.570. The van der Waals surface area contributed by atoms with Gasteiger partial charge in [-0.25, -0.2) is 10.1 Å². The van der Waals surface area contributed by atoms with E-state index in [-0.39, 0.29) is 12.2 Å². The monoisotopic (exact) mass is 197 g/mol. The van der Waals surface area contributed by atoms with Gasteiger partial charge in [0.25, 0.3) is 5.69 Å². The van der Waals surface area contributed by atoms with Gasteiger partial charge in [0.1, 0.15) is 6.54 Å². The molecule has 1 aromatic rings. The van der Waals surface area contributed by atoms with Gasteiger partial charge in [0.05, 0.1) is 4.92 Å². The van der Waals surface area contributed by atoms with E-state index in [2.05, 4.69) is 0 Å². The molecule has 1 aromatic carbocycles. The fourth-order valence-electron chi connectivity index (χ4n) is 0.891. The van der Waals surface area contributed by atoms with Crippen molar-refractivity contribution in [1.82, 2.24) is 5.43 Å². The molecule has 0 aliphatic heterocycles. The number of nitrogens with one attached hydrogen (secondary N) is 1. The number of non-ortho nitro benzene ring substituents is 1. The Bertz CT molecular complexity index is 348. The molecule has 0 atom stereocenters. The van der Waals surface area contributed by atoms with Gasteiger partial charge in [-0.2, -0.15) is 0 Å². The highest BCUT2D eigenvalue weighted by molar-refractivity contribution is 5.32. The Morgan fingerprint density at radius 1 is 1.14 bits per heavy atom. The topological polar surface area (TPSA) is 98.3 Å². The predicted octanol–water partition coefficient (Wildman–Crippen LogP) is 0.876. The molecule has 0 aliphatic carbocycles. The fourth-order valence-corrected chi connectivity index (χ4v) is 0.891. The number of benzene rings is 1. The Balaban J connectivity index is 2.64. The molecule has 0 unspecified atom stereocenters. The van der Waals surface area contributed by atoms with Crippen LogP contribution in [0.5, 0.6) is 0 Å². The first-order chi connectivity index (χ1) is 6.59. The van der Waals surface area contributed by atoms with Gasteiger partial charge >= 0.3 is 0 Å². The zero-order chi connectivity index (χ0) is 10.6. The Kier molecular flexibility index (Phi) is 2.95. The van der Waals surface area contributed by atoms with Crippen LogP contribution in [-0.4, -0.2) is 9.96 Å². The van der Waals surface area contributed by atoms with Crippen LogP contribution in [0, 0.1) is 20.2 Å². The molecule has 0 amide bonds. The van der Waals surface area contributed by atoms with Crippen LogP contribution in [0.15, 0.2) is 24.3 Å². The largest absolute Gasteiger partial charge is 0.269 e. The molecule has 74 valence electrons. The van der Waals surface area contributed by atoms with E-state index in [1.54, 1.807) is 0 Å². The number of hydrazine groups is 1. The molecule has 0 heterocycles. The van der Waals surface area contributed by atoms with Crippen LogP contribution in [0.2, 0.25) is 0 Å². The lowest BCUT2D eigenvalue weighted by atomic mass is 10.2. The summed E-state index contributed by atoms with van der Waals surface area (Å²) in [5, 5.41) is 19.5. The third-order valence-corrected chi connectivity index (χ3v) is 1.56. The number of nitro groups is 2. The second kappa shape index (κ2) is 4.17. The second-order valence-electron chi connectivity index (χ2n) is 2.52. The third kappa shape index (κ3) is 2.70. The summed E-state index contributed by atoms with van der Waals surface area (Å²) < 4.78 is 0.